The van der Waals surface area contributed by atoms with E-state index in [0.29, 0.717) is 45.6 Å². The molecule has 0 saturated heterocycles. The minimum atomic E-state index is -0.683. The highest BCUT2D eigenvalue weighted by molar-refractivity contribution is 5.76. The molecular formula is C27H42N2O5. The van der Waals surface area contributed by atoms with E-state index in [2.05, 4.69) is 26.5 Å². The average Bonchev–Trinajstić information content (AvgIpc) is 3.15. The van der Waals surface area contributed by atoms with Gasteiger partial charge in [0.1, 0.15) is 6.10 Å². The number of allylic oxidation sites excluding steroid dienone is 2. The summed E-state index contributed by atoms with van der Waals surface area (Å²) in [6.45, 7) is 15.4. The fraction of sp³-hybridized carbons (Fsp3) is 0.593. The van der Waals surface area contributed by atoms with Crippen molar-refractivity contribution in [1.29, 1.82) is 0 Å². The monoisotopic (exact) mass is 474 g/mol. The van der Waals surface area contributed by atoms with E-state index in [1.807, 2.05) is 42.7 Å². The molecule has 0 spiro atoms. The highest BCUT2D eigenvalue weighted by atomic mass is 16.5. The first kappa shape index (κ1) is 28.1. The Bertz CT molecular complexity index is 904. The lowest BCUT2D eigenvalue weighted by molar-refractivity contribution is 0.00982. The average molecular weight is 475 g/mol. The molecule has 34 heavy (non-hydrogen) atoms. The number of imidazole rings is 1. The minimum Gasteiger partial charge on any atom is -0.454 e. The molecule has 0 aliphatic carbocycles. The number of nitrogens with zero attached hydrogens (tertiary/aromatic N) is 2. The van der Waals surface area contributed by atoms with Crippen LogP contribution >= 0.6 is 0 Å². The molecule has 0 aliphatic heterocycles. The molecule has 1 heterocycles. The molecule has 0 saturated carbocycles. The Labute approximate surface area is 204 Å². The molecule has 2 rings (SSSR count). The lowest BCUT2D eigenvalue weighted by atomic mass is 9.92. The summed E-state index contributed by atoms with van der Waals surface area (Å²) in [6.07, 6.45) is 2.76. The van der Waals surface area contributed by atoms with Crippen LogP contribution in [0.3, 0.4) is 0 Å². The summed E-state index contributed by atoms with van der Waals surface area (Å²) in [5.41, 5.74) is 3.85. The van der Waals surface area contributed by atoms with Gasteiger partial charge in [-0.2, -0.15) is 4.98 Å². The first-order chi connectivity index (χ1) is 16.3. The maximum Gasteiger partial charge on any atom is 0.298 e. The number of para-hydroxylation sites is 2. The fourth-order valence-electron chi connectivity index (χ4n) is 3.66. The lowest BCUT2D eigenvalue weighted by Crippen LogP contribution is -2.38. The Hall–Kier alpha value is -2.19. The molecule has 0 amide bonds. The summed E-state index contributed by atoms with van der Waals surface area (Å²) in [7, 11) is 1.65. The Morgan fingerprint density at radius 2 is 1.76 bits per heavy atom. The second-order valence-electron chi connectivity index (χ2n) is 8.96. The smallest absolute Gasteiger partial charge is 0.298 e. The van der Waals surface area contributed by atoms with Crippen LogP contribution in [-0.4, -0.2) is 67.0 Å². The van der Waals surface area contributed by atoms with E-state index in [0.717, 1.165) is 29.4 Å². The zero-order chi connectivity index (χ0) is 24.9. The molecule has 1 aromatic carbocycles. The van der Waals surface area contributed by atoms with Gasteiger partial charge < -0.3 is 24.1 Å². The Morgan fingerprint density at radius 3 is 2.44 bits per heavy atom. The third kappa shape index (κ3) is 8.87. The van der Waals surface area contributed by atoms with E-state index in [1.165, 1.54) is 5.57 Å². The maximum atomic E-state index is 11.1. The van der Waals surface area contributed by atoms with Gasteiger partial charge in [0.25, 0.3) is 6.01 Å². The van der Waals surface area contributed by atoms with Crippen LogP contribution in [0.4, 0.5) is 0 Å². The van der Waals surface area contributed by atoms with E-state index in [9.17, 15) is 5.11 Å². The van der Waals surface area contributed by atoms with Crippen LogP contribution in [0.1, 0.15) is 40.5 Å². The topological polar surface area (TPSA) is 75.0 Å². The van der Waals surface area contributed by atoms with Crippen LogP contribution in [0.15, 0.2) is 48.1 Å². The van der Waals surface area contributed by atoms with Crippen molar-refractivity contribution in [2.75, 3.05) is 40.1 Å². The first-order valence-electron chi connectivity index (χ1n) is 12.1. The minimum absolute atomic E-state index is 0.0524. The van der Waals surface area contributed by atoms with Crippen molar-refractivity contribution in [3.63, 3.8) is 0 Å². The van der Waals surface area contributed by atoms with Gasteiger partial charge >= 0.3 is 0 Å². The molecule has 0 fully saturated rings. The number of ether oxygens (including phenoxy) is 4. The van der Waals surface area contributed by atoms with Crippen LogP contribution in [-0.2, 0) is 20.8 Å². The summed E-state index contributed by atoms with van der Waals surface area (Å²) in [4.78, 5) is 4.70. The number of aliphatic hydroxyl groups excluding tert-OH is 1. The van der Waals surface area contributed by atoms with Gasteiger partial charge in [0.2, 0.25) is 0 Å². The van der Waals surface area contributed by atoms with Crippen molar-refractivity contribution in [2.45, 2.75) is 59.3 Å². The fourth-order valence-corrected chi connectivity index (χ4v) is 3.66. The molecule has 1 unspecified atom stereocenters. The number of rotatable bonds is 17. The van der Waals surface area contributed by atoms with Crippen LogP contribution < -0.4 is 4.74 Å². The SMILES string of the molecule is C=C(C)[C@@H](Oc1nc2ccccc2n1CCOCCOCCOC)[C@H](O)C(C)CCC=C(C)C. The Kier molecular flexibility index (Phi) is 12.3. The number of fused-ring (bicyclic) bond motifs is 1. The largest absolute Gasteiger partial charge is 0.454 e. The normalized spacial score (nSPS) is 14.1. The Morgan fingerprint density at radius 1 is 1.09 bits per heavy atom. The van der Waals surface area contributed by atoms with Crippen molar-refractivity contribution in [3.05, 3.63) is 48.1 Å². The number of aromatic nitrogens is 2. The van der Waals surface area contributed by atoms with E-state index >= 15 is 0 Å². The third-order valence-corrected chi connectivity index (χ3v) is 5.67. The molecule has 1 N–H and O–H groups in total. The van der Waals surface area contributed by atoms with Gasteiger partial charge in [-0.3, -0.25) is 4.57 Å². The van der Waals surface area contributed by atoms with Gasteiger partial charge in [0, 0.05) is 7.11 Å². The summed E-state index contributed by atoms with van der Waals surface area (Å²) >= 11 is 0. The molecule has 7 nitrogen and oxygen atoms in total. The van der Waals surface area contributed by atoms with E-state index in [1.54, 1.807) is 7.11 Å². The second-order valence-corrected chi connectivity index (χ2v) is 8.96. The summed E-state index contributed by atoms with van der Waals surface area (Å²) in [5, 5.41) is 11.1. The number of benzene rings is 1. The molecule has 190 valence electrons. The summed E-state index contributed by atoms with van der Waals surface area (Å²) in [6, 6.07) is 8.36. The van der Waals surface area contributed by atoms with E-state index in [4.69, 9.17) is 23.9 Å². The van der Waals surface area contributed by atoms with E-state index < -0.39 is 12.2 Å². The predicted octanol–water partition coefficient (Wildman–Crippen LogP) is 4.78. The lowest BCUT2D eigenvalue weighted by Gasteiger charge is -2.28. The van der Waals surface area contributed by atoms with Crippen LogP contribution in [0.5, 0.6) is 6.01 Å². The number of methoxy groups -OCH3 is 1. The molecule has 7 heteroatoms. The highest BCUT2D eigenvalue weighted by Crippen LogP contribution is 2.26. The summed E-state index contributed by atoms with van der Waals surface area (Å²) in [5.74, 6) is 0.0524. The van der Waals surface area contributed by atoms with Crippen molar-refractivity contribution < 1.29 is 24.1 Å². The van der Waals surface area contributed by atoms with Gasteiger partial charge in [-0.05, 0) is 57.2 Å². The first-order valence-corrected chi connectivity index (χ1v) is 12.1. The van der Waals surface area contributed by atoms with Crippen molar-refractivity contribution in [3.8, 4) is 6.01 Å². The van der Waals surface area contributed by atoms with E-state index in [-0.39, 0.29) is 5.92 Å². The highest BCUT2D eigenvalue weighted by Gasteiger charge is 2.29. The number of hydrogen-bond acceptors (Lipinski definition) is 6. The third-order valence-electron chi connectivity index (χ3n) is 5.67. The molecule has 0 aliphatic rings. The van der Waals surface area contributed by atoms with Crippen molar-refractivity contribution >= 4 is 11.0 Å². The van der Waals surface area contributed by atoms with Gasteiger partial charge in [0.15, 0.2) is 0 Å². The maximum absolute atomic E-state index is 11.1. The quantitative estimate of drug-likeness (QED) is 0.263. The number of aliphatic hydroxyl groups is 1. The van der Waals surface area contributed by atoms with Gasteiger partial charge in [-0.15, -0.1) is 0 Å². The van der Waals surface area contributed by atoms with Gasteiger partial charge in [-0.1, -0.05) is 37.3 Å². The van der Waals surface area contributed by atoms with Crippen LogP contribution in [0.2, 0.25) is 0 Å². The zero-order valence-corrected chi connectivity index (χ0v) is 21.5. The molecule has 2 aromatic rings. The molecule has 0 bridgehead atoms. The molecule has 0 radical (unpaired) electrons. The molecule has 1 aromatic heterocycles. The second kappa shape index (κ2) is 14.9. The Balaban J connectivity index is 2.07. The summed E-state index contributed by atoms with van der Waals surface area (Å²) < 4.78 is 24.5. The molecule has 3 atom stereocenters. The van der Waals surface area contributed by atoms with Gasteiger partial charge in [0.05, 0.1) is 56.7 Å². The molecular weight excluding hydrogens is 432 g/mol. The zero-order valence-electron chi connectivity index (χ0n) is 21.5. The van der Waals surface area contributed by atoms with Gasteiger partial charge in [-0.25, -0.2) is 0 Å². The van der Waals surface area contributed by atoms with Crippen LogP contribution in [0.25, 0.3) is 11.0 Å². The predicted molar refractivity (Wildman–Crippen MR) is 136 cm³/mol. The van der Waals surface area contributed by atoms with Crippen molar-refractivity contribution in [2.24, 2.45) is 5.92 Å². The number of hydrogen-bond donors (Lipinski definition) is 1. The van der Waals surface area contributed by atoms with Crippen molar-refractivity contribution in [1.82, 2.24) is 9.55 Å². The van der Waals surface area contributed by atoms with Crippen LogP contribution in [0, 0.1) is 5.92 Å². The standard InChI is InChI=1S/C27H42N2O5/c1-20(2)10-9-11-22(5)25(30)26(21(3)4)34-27-28-23-12-7-8-13-24(23)29(27)14-15-32-18-19-33-17-16-31-6/h7-8,10,12-13,22,25-26,30H,3,9,11,14-19H2,1-2,4-6H3/t22?,25-,26-/m1/s1.